The third-order valence-corrected chi connectivity index (χ3v) is 10.3. The van der Waals surface area contributed by atoms with E-state index in [0.29, 0.717) is 43.4 Å². The van der Waals surface area contributed by atoms with Gasteiger partial charge in [-0.2, -0.15) is 0 Å². The molecule has 0 spiro atoms. The van der Waals surface area contributed by atoms with Crippen LogP contribution in [0.15, 0.2) is 100 Å². The highest BCUT2D eigenvalue weighted by atomic mass is 127. The predicted molar refractivity (Wildman–Crippen MR) is 203 cm³/mol. The molecular formula is C37H29FI2N2O6S. The molecule has 0 aliphatic carbocycles. The third-order valence-electron chi connectivity index (χ3n) is 7.71. The molecule has 0 saturated heterocycles. The molecule has 8 nitrogen and oxygen atoms in total. The number of hydrogen-bond donors (Lipinski definition) is 0. The molecule has 2 heterocycles. The van der Waals surface area contributed by atoms with Gasteiger partial charge in [-0.3, -0.25) is 9.36 Å². The van der Waals surface area contributed by atoms with Crippen LogP contribution in [0.1, 0.15) is 35.2 Å². The molecule has 1 aromatic heterocycles. The first-order chi connectivity index (χ1) is 23.7. The van der Waals surface area contributed by atoms with Crippen molar-refractivity contribution in [2.24, 2.45) is 4.99 Å². The Balaban J connectivity index is 1.50. The standard InChI is InChI=1S/C37H29FI2N2O6S/c1-4-47-36(44)31-32(23-8-6-5-7-9-23)41-37-42(33(31)24-12-15-28(45-2)29(19-24)46-3)35(43)30(49-37)18-22-16-26(39)34(27(40)17-22)48-20-21-10-13-25(38)14-11-21/h5-19,33H,4,20H2,1-3H3/b30-18-/t33-/m0/s1. The molecule has 0 N–H and O–H groups in total. The van der Waals surface area contributed by atoms with Gasteiger partial charge in [0.1, 0.15) is 18.2 Å². The molecule has 1 aliphatic rings. The van der Waals surface area contributed by atoms with Gasteiger partial charge in [0.05, 0.1) is 49.8 Å². The molecule has 4 aromatic carbocycles. The molecule has 0 unspecified atom stereocenters. The molecule has 0 amide bonds. The molecule has 12 heteroatoms. The lowest BCUT2D eigenvalue weighted by molar-refractivity contribution is -0.138. The van der Waals surface area contributed by atoms with Crippen LogP contribution in [0.25, 0.3) is 11.8 Å². The maximum absolute atomic E-state index is 14.4. The predicted octanol–water partition coefficient (Wildman–Crippen LogP) is 6.88. The number of rotatable bonds is 10. The number of nitrogens with zero attached hydrogens (tertiary/aromatic N) is 2. The molecular weight excluding hydrogens is 873 g/mol. The number of ether oxygens (including phenoxy) is 4. The van der Waals surface area contributed by atoms with Crippen molar-refractivity contribution < 1.29 is 28.1 Å². The van der Waals surface area contributed by atoms with E-state index >= 15 is 0 Å². The van der Waals surface area contributed by atoms with Crippen molar-refractivity contribution in [3.63, 3.8) is 0 Å². The topological polar surface area (TPSA) is 88.4 Å². The molecule has 49 heavy (non-hydrogen) atoms. The number of hydrogen-bond acceptors (Lipinski definition) is 8. The Labute approximate surface area is 312 Å². The van der Waals surface area contributed by atoms with Crippen molar-refractivity contribution in [3.8, 4) is 17.2 Å². The van der Waals surface area contributed by atoms with Gasteiger partial charge in [0.25, 0.3) is 5.56 Å². The highest BCUT2D eigenvalue weighted by Gasteiger charge is 2.35. The number of benzene rings is 4. The van der Waals surface area contributed by atoms with Gasteiger partial charge in [0.15, 0.2) is 16.3 Å². The van der Waals surface area contributed by atoms with E-state index in [0.717, 1.165) is 18.3 Å². The monoisotopic (exact) mass is 902 g/mol. The number of fused-ring (bicyclic) bond motifs is 1. The Morgan fingerprint density at radius 3 is 2.31 bits per heavy atom. The Kier molecular flexibility index (Phi) is 10.8. The van der Waals surface area contributed by atoms with Crippen LogP contribution in [0.5, 0.6) is 17.2 Å². The lowest BCUT2D eigenvalue weighted by Crippen LogP contribution is -2.40. The first-order valence-corrected chi connectivity index (χ1v) is 18.1. The SMILES string of the molecule is CCOC(=O)C1=C(c2ccccc2)N=c2s/c(=C\c3cc(I)c(OCc4ccc(F)cc4)c(I)c3)c(=O)n2[C@H]1c1ccc(OC)c(OC)c1. The first-order valence-electron chi connectivity index (χ1n) is 15.1. The van der Waals surface area contributed by atoms with Crippen LogP contribution in [-0.4, -0.2) is 31.4 Å². The van der Waals surface area contributed by atoms with Gasteiger partial charge in [0.2, 0.25) is 0 Å². The van der Waals surface area contributed by atoms with Crippen LogP contribution in [0.4, 0.5) is 4.39 Å². The van der Waals surface area contributed by atoms with E-state index in [-0.39, 0.29) is 30.2 Å². The summed E-state index contributed by atoms with van der Waals surface area (Å²) in [6.07, 6.45) is 1.82. The minimum atomic E-state index is -0.866. The summed E-state index contributed by atoms with van der Waals surface area (Å²) in [5.74, 6) is 0.794. The molecule has 0 radical (unpaired) electrons. The Hall–Kier alpha value is -4.02. The maximum Gasteiger partial charge on any atom is 0.338 e. The zero-order valence-electron chi connectivity index (χ0n) is 26.5. The van der Waals surface area contributed by atoms with Gasteiger partial charge in [-0.05, 0) is 111 Å². The van der Waals surface area contributed by atoms with E-state index < -0.39 is 12.0 Å². The smallest absolute Gasteiger partial charge is 0.338 e. The summed E-state index contributed by atoms with van der Waals surface area (Å²) in [6.45, 7) is 2.17. The first kappa shape index (κ1) is 34.8. The third kappa shape index (κ3) is 7.31. The Bertz CT molecular complexity index is 2230. The van der Waals surface area contributed by atoms with Crippen molar-refractivity contribution in [2.75, 3.05) is 20.8 Å². The normalized spacial score (nSPS) is 14.2. The molecule has 1 atom stereocenters. The minimum Gasteiger partial charge on any atom is -0.493 e. The summed E-state index contributed by atoms with van der Waals surface area (Å²) in [4.78, 5) is 33.5. The summed E-state index contributed by atoms with van der Waals surface area (Å²) in [5, 5.41) is 0. The average molecular weight is 903 g/mol. The van der Waals surface area contributed by atoms with Gasteiger partial charge in [-0.25, -0.2) is 14.2 Å². The van der Waals surface area contributed by atoms with Gasteiger partial charge in [0, 0.05) is 5.56 Å². The zero-order chi connectivity index (χ0) is 34.7. The van der Waals surface area contributed by atoms with Crippen molar-refractivity contribution in [1.29, 1.82) is 0 Å². The number of thiazole rings is 1. The van der Waals surface area contributed by atoms with Gasteiger partial charge in [-0.15, -0.1) is 0 Å². The van der Waals surface area contributed by atoms with E-state index in [1.54, 1.807) is 42.9 Å². The van der Waals surface area contributed by atoms with Crippen LogP contribution < -0.4 is 29.1 Å². The van der Waals surface area contributed by atoms with E-state index in [1.807, 2.05) is 54.6 Å². The molecule has 5 aromatic rings. The van der Waals surface area contributed by atoms with Gasteiger partial charge in [-0.1, -0.05) is 59.9 Å². The second kappa shape index (κ2) is 15.3. The van der Waals surface area contributed by atoms with E-state index in [1.165, 1.54) is 30.6 Å². The number of methoxy groups -OCH3 is 2. The van der Waals surface area contributed by atoms with Crippen molar-refractivity contribution in [2.45, 2.75) is 19.6 Å². The molecule has 0 bridgehead atoms. The lowest BCUT2D eigenvalue weighted by atomic mass is 9.93. The number of esters is 1. The molecule has 0 fully saturated rings. The quantitative estimate of drug-likeness (QED) is 0.112. The molecule has 250 valence electrons. The number of carbonyl (C=O) groups is 1. The van der Waals surface area contributed by atoms with Crippen LogP contribution in [0.2, 0.25) is 0 Å². The van der Waals surface area contributed by atoms with E-state index in [9.17, 15) is 14.0 Å². The van der Waals surface area contributed by atoms with Crippen LogP contribution >= 0.6 is 56.5 Å². The van der Waals surface area contributed by atoms with Crippen LogP contribution in [-0.2, 0) is 16.1 Å². The maximum atomic E-state index is 14.4. The number of aromatic nitrogens is 1. The van der Waals surface area contributed by atoms with Gasteiger partial charge >= 0.3 is 5.97 Å². The molecule has 1 aliphatic heterocycles. The Morgan fingerprint density at radius 1 is 0.959 bits per heavy atom. The average Bonchev–Trinajstić information content (AvgIpc) is 3.41. The highest BCUT2D eigenvalue weighted by molar-refractivity contribution is 14.1. The summed E-state index contributed by atoms with van der Waals surface area (Å²) < 4.78 is 39.8. The summed E-state index contributed by atoms with van der Waals surface area (Å²) >= 11 is 5.66. The summed E-state index contributed by atoms with van der Waals surface area (Å²) in [6, 6.07) is 23.9. The van der Waals surface area contributed by atoms with Crippen molar-refractivity contribution >= 4 is 74.3 Å². The van der Waals surface area contributed by atoms with Crippen LogP contribution in [0.3, 0.4) is 0 Å². The highest BCUT2D eigenvalue weighted by Crippen LogP contribution is 2.38. The summed E-state index contributed by atoms with van der Waals surface area (Å²) in [7, 11) is 3.08. The number of halogens is 3. The van der Waals surface area contributed by atoms with Crippen molar-refractivity contribution in [3.05, 3.63) is 145 Å². The second-order valence-electron chi connectivity index (χ2n) is 10.8. The van der Waals surface area contributed by atoms with Crippen molar-refractivity contribution in [1.82, 2.24) is 4.57 Å². The Morgan fingerprint density at radius 2 is 1.65 bits per heavy atom. The largest absolute Gasteiger partial charge is 0.493 e. The molecule has 0 saturated carbocycles. The fourth-order valence-corrected chi connectivity index (χ4v) is 8.60. The minimum absolute atomic E-state index is 0.147. The fourth-order valence-electron chi connectivity index (χ4n) is 5.47. The second-order valence-corrected chi connectivity index (χ2v) is 14.1. The fraction of sp³-hybridized carbons (Fsp3) is 0.162. The number of carbonyl (C=O) groups excluding carboxylic acids is 1. The molecule has 6 rings (SSSR count). The zero-order valence-corrected chi connectivity index (χ0v) is 31.7. The van der Waals surface area contributed by atoms with E-state index in [2.05, 4.69) is 45.2 Å². The van der Waals surface area contributed by atoms with Crippen LogP contribution in [0, 0.1) is 13.0 Å². The van der Waals surface area contributed by atoms with E-state index in [4.69, 9.17) is 23.9 Å². The summed E-state index contributed by atoms with van der Waals surface area (Å²) in [5.41, 5.74) is 3.35. The lowest BCUT2D eigenvalue weighted by Gasteiger charge is -2.26. The van der Waals surface area contributed by atoms with Gasteiger partial charge < -0.3 is 18.9 Å².